The van der Waals surface area contributed by atoms with Gasteiger partial charge in [0.15, 0.2) is 11.9 Å². The second kappa shape index (κ2) is 27.7. The molecule has 3 aliphatic rings. The third-order valence-electron chi connectivity index (χ3n) is 11.3. The van der Waals surface area contributed by atoms with Gasteiger partial charge in [0.25, 0.3) is 0 Å². The zero-order valence-electron chi connectivity index (χ0n) is 37.9. The molecule has 0 amide bonds. The number of rotatable bonds is 15. The van der Waals surface area contributed by atoms with Crippen molar-refractivity contribution < 1.29 is 42.4 Å². The Labute approximate surface area is 417 Å². The largest absolute Gasteiger partial charge is 0.491 e. The number of nitrogens with one attached hydrogen (secondary N) is 1. The number of halogens is 6. The number of anilines is 2. The molecule has 0 saturated carbocycles. The first-order valence-corrected chi connectivity index (χ1v) is 24.2. The van der Waals surface area contributed by atoms with E-state index in [0.717, 1.165) is 94.2 Å². The zero-order valence-corrected chi connectivity index (χ0v) is 40.9. The highest BCUT2D eigenvalue weighted by Crippen LogP contribution is 2.38. The van der Waals surface area contributed by atoms with Crippen LogP contribution in [0.4, 0.5) is 25.0 Å². The molecule has 5 aromatic rings. The Morgan fingerprint density at radius 3 is 1.93 bits per heavy atom. The molecular formula is C51H58Cl4F2N4O7. The molecule has 3 heterocycles. The molecular weight excluding hydrogens is 960 g/mol. The minimum atomic E-state index is -0.873. The Balaban J connectivity index is 0.000000210. The number of piperazine rings is 2. The predicted octanol–water partition coefficient (Wildman–Crippen LogP) is 11.4. The molecule has 366 valence electrons. The molecule has 0 aliphatic carbocycles. The van der Waals surface area contributed by atoms with Crippen molar-refractivity contribution in [3.05, 3.63) is 154 Å². The summed E-state index contributed by atoms with van der Waals surface area (Å²) in [6.07, 6.45) is 3.06. The first-order chi connectivity index (χ1) is 33.0. The molecule has 68 heavy (non-hydrogen) atoms. The van der Waals surface area contributed by atoms with E-state index in [9.17, 15) is 13.6 Å². The first kappa shape index (κ1) is 53.0. The lowest BCUT2D eigenvalue weighted by Crippen LogP contribution is -2.48. The van der Waals surface area contributed by atoms with Crippen molar-refractivity contribution in [2.75, 3.05) is 82.1 Å². The number of ether oxygens (including phenoxy) is 5. The number of carbonyl (C=O) groups is 1. The lowest BCUT2D eigenvalue weighted by molar-refractivity contribution is -0.165. The summed E-state index contributed by atoms with van der Waals surface area (Å²) in [5.41, 5.74) is 3.76. The van der Waals surface area contributed by atoms with E-state index < -0.39 is 11.0 Å². The third kappa shape index (κ3) is 16.6. The Bertz CT molecular complexity index is 2280. The molecule has 2 N–H and O–H groups in total. The molecule has 8 rings (SSSR count). The maximum absolute atomic E-state index is 13.7. The molecule has 0 radical (unpaired) electrons. The van der Waals surface area contributed by atoms with E-state index >= 15 is 0 Å². The van der Waals surface area contributed by atoms with Gasteiger partial charge in [-0.2, -0.15) is 0 Å². The smallest absolute Gasteiger partial charge is 0.405 e. The Hall–Kier alpha value is -4.41. The lowest BCUT2D eigenvalue weighted by atomic mass is 10.0. The zero-order chi connectivity index (χ0) is 48.3. The van der Waals surface area contributed by atoms with Crippen molar-refractivity contribution in [2.24, 2.45) is 0 Å². The van der Waals surface area contributed by atoms with Crippen molar-refractivity contribution >= 4 is 63.2 Å². The van der Waals surface area contributed by atoms with Crippen LogP contribution in [0.25, 0.3) is 0 Å². The van der Waals surface area contributed by atoms with E-state index in [-0.39, 0.29) is 43.2 Å². The lowest BCUT2D eigenvalue weighted by Gasteiger charge is -2.43. The average molecular weight is 1020 g/mol. The molecule has 3 fully saturated rings. The van der Waals surface area contributed by atoms with Crippen LogP contribution in [0.3, 0.4) is 0 Å². The van der Waals surface area contributed by atoms with Crippen molar-refractivity contribution in [2.45, 2.75) is 56.7 Å². The van der Waals surface area contributed by atoms with E-state index in [1.807, 2.05) is 60.7 Å². The van der Waals surface area contributed by atoms with Gasteiger partial charge < -0.3 is 43.9 Å². The summed E-state index contributed by atoms with van der Waals surface area (Å²) in [6.45, 7) is 9.21. The molecule has 17 heteroatoms. The summed E-state index contributed by atoms with van der Waals surface area (Å²) in [7, 11) is 0. The van der Waals surface area contributed by atoms with Gasteiger partial charge in [0.1, 0.15) is 36.3 Å². The summed E-state index contributed by atoms with van der Waals surface area (Å²) in [5, 5.41) is 13.4. The van der Waals surface area contributed by atoms with Crippen LogP contribution in [-0.2, 0) is 20.8 Å². The number of aliphatic hydroxyl groups excluding tert-OH is 1. The van der Waals surface area contributed by atoms with Crippen molar-refractivity contribution in [1.82, 2.24) is 10.2 Å². The third-order valence-corrected chi connectivity index (χ3v) is 12.1. The highest BCUT2D eigenvalue weighted by Gasteiger charge is 2.30. The van der Waals surface area contributed by atoms with Gasteiger partial charge in [0, 0.05) is 76.2 Å². The summed E-state index contributed by atoms with van der Waals surface area (Å²) in [5.74, 6) is 0.873. The molecule has 11 nitrogen and oxygen atoms in total. The Morgan fingerprint density at radius 1 is 0.779 bits per heavy atom. The van der Waals surface area contributed by atoms with Crippen molar-refractivity contribution in [3.8, 4) is 11.5 Å². The van der Waals surface area contributed by atoms with E-state index in [2.05, 4.69) is 49.0 Å². The van der Waals surface area contributed by atoms with Gasteiger partial charge in [-0.1, -0.05) is 89.4 Å². The van der Waals surface area contributed by atoms with Gasteiger partial charge in [-0.05, 0) is 91.4 Å². The normalized spacial score (nSPS) is 18.9. The van der Waals surface area contributed by atoms with E-state index in [0.29, 0.717) is 34.8 Å². The fourth-order valence-corrected chi connectivity index (χ4v) is 8.97. The SMILES string of the molecule is CC(Cl)OC(=O)Cl.Fc1ccc([C@@H]2CN(Cc3ccccc3)CCN2c2ccc(OCCOC3CCCCO3)cc2Cl)cc1.OCCOc1ccc(N2CCNC[C@H]2c2ccc(F)cc2)c(Cl)c1. The maximum Gasteiger partial charge on any atom is 0.405 e. The van der Waals surface area contributed by atoms with E-state index in [1.165, 1.54) is 36.8 Å². The summed E-state index contributed by atoms with van der Waals surface area (Å²) in [4.78, 5) is 16.7. The van der Waals surface area contributed by atoms with Gasteiger partial charge in [-0.25, -0.2) is 13.6 Å². The van der Waals surface area contributed by atoms with Crippen LogP contribution in [0.2, 0.25) is 10.0 Å². The summed E-state index contributed by atoms with van der Waals surface area (Å²) >= 11 is 23.1. The van der Waals surface area contributed by atoms with Crippen LogP contribution in [-0.4, -0.2) is 99.6 Å². The molecule has 3 saturated heterocycles. The van der Waals surface area contributed by atoms with Crippen LogP contribution in [0, 0.1) is 11.6 Å². The molecule has 2 unspecified atom stereocenters. The first-order valence-electron chi connectivity index (χ1n) is 22.7. The van der Waals surface area contributed by atoms with E-state index in [1.54, 1.807) is 6.07 Å². The molecule has 0 bridgehead atoms. The second-order valence-electron chi connectivity index (χ2n) is 16.2. The fraction of sp³-hybridized carbons (Fsp3) is 0.392. The number of hydrogen-bond acceptors (Lipinski definition) is 11. The molecule has 0 aromatic heterocycles. The second-order valence-corrected chi connectivity index (χ2v) is 17.9. The highest BCUT2D eigenvalue weighted by atomic mass is 35.5. The number of nitrogens with zero attached hydrogens (tertiary/aromatic N) is 3. The molecule has 4 atom stereocenters. The van der Waals surface area contributed by atoms with Gasteiger partial charge in [0.2, 0.25) is 0 Å². The van der Waals surface area contributed by atoms with Gasteiger partial charge in [-0.3, -0.25) is 4.90 Å². The quantitative estimate of drug-likeness (QED) is 0.0595. The number of benzene rings is 5. The maximum atomic E-state index is 13.7. The number of hydrogen-bond donors (Lipinski definition) is 2. The standard InChI is InChI=1S/C30H34ClFN2O3.C18H20ClFN2O2.C3H4Cl2O2/c31-27-20-26(35-18-19-37-30-8-4-5-17-36-30)13-14-28(27)34-16-15-33(21-23-6-2-1-3-7-23)22-29(34)24-9-11-25(32)12-10-24;19-16-11-15(24-10-9-23)5-6-17(16)22-8-7-21-12-18(22)13-1-3-14(20)4-2-13;1-2(4)7-3(5)6/h1-3,6-7,9-14,20,29-30H,4-5,8,15-19,21-22H2;1-6,11,18,21,23H,7-10,12H2;2H,1H3/t29-,30?;18-;/m00./s1. The predicted molar refractivity (Wildman–Crippen MR) is 266 cm³/mol. The topological polar surface area (TPSA) is 105 Å². The van der Waals surface area contributed by atoms with Crippen molar-refractivity contribution in [3.63, 3.8) is 0 Å². The Morgan fingerprint density at radius 2 is 1.38 bits per heavy atom. The monoisotopic (exact) mass is 1020 g/mol. The summed E-state index contributed by atoms with van der Waals surface area (Å²) in [6, 6.07) is 35.4. The van der Waals surface area contributed by atoms with Crippen LogP contribution in [0.1, 0.15) is 55.0 Å². The molecule has 0 spiro atoms. The number of alkyl halides is 1. The average Bonchev–Trinajstić information content (AvgIpc) is 3.34. The van der Waals surface area contributed by atoms with Gasteiger partial charge in [-0.15, -0.1) is 0 Å². The van der Waals surface area contributed by atoms with Gasteiger partial charge in [0.05, 0.1) is 46.7 Å². The summed E-state index contributed by atoms with van der Waals surface area (Å²) < 4.78 is 53.7. The highest BCUT2D eigenvalue weighted by molar-refractivity contribution is 6.61. The van der Waals surface area contributed by atoms with E-state index in [4.69, 9.17) is 70.5 Å². The Kier molecular flexibility index (Phi) is 21.6. The number of carbonyl (C=O) groups excluding carboxylic acids is 1. The molecule has 3 aliphatic heterocycles. The molecule has 5 aromatic carbocycles. The van der Waals surface area contributed by atoms with Crippen LogP contribution < -0.4 is 24.6 Å². The van der Waals surface area contributed by atoms with Gasteiger partial charge >= 0.3 is 5.43 Å². The van der Waals surface area contributed by atoms with Crippen molar-refractivity contribution in [1.29, 1.82) is 0 Å². The van der Waals surface area contributed by atoms with Crippen LogP contribution in [0.5, 0.6) is 11.5 Å². The van der Waals surface area contributed by atoms with Crippen LogP contribution >= 0.6 is 46.4 Å². The number of aliphatic hydroxyl groups is 1. The minimum absolute atomic E-state index is 0.0379. The fourth-order valence-electron chi connectivity index (χ4n) is 8.15. The van der Waals surface area contributed by atoms with Crippen LogP contribution in [0.15, 0.2) is 115 Å². The minimum Gasteiger partial charge on any atom is -0.491 e.